The lowest BCUT2D eigenvalue weighted by Gasteiger charge is -2.37. The van der Waals surface area contributed by atoms with Gasteiger partial charge in [-0.25, -0.2) is 4.39 Å². The van der Waals surface area contributed by atoms with Crippen LogP contribution in [0.4, 0.5) is 10.1 Å². The number of anilines is 1. The lowest BCUT2D eigenvalue weighted by Crippen LogP contribution is -2.54. The fourth-order valence-corrected chi connectivity index (χ4v) is 3.18. The molecule has 27 heavy (non-hydrogen) atoms. The lowest BCUT2D eigenvalue weighted by atomic mass is 10.2. The number of carbonyl (C=O) groups excluding carboxylic acids is 2. The molecule has 1 heterocycles. The first-order valence-electron chi connectivity index (χ1n) is 9.39. The molecule has 1 aromatic rings. The lowest BCUT2D eigenvalue weighted by molar-refractivity contribution is -0.124. The third-order valence-corrected chi connectivity index (χ3v) is 5.06. The Morgan fingerprint density at radius 2 is 1.96 bits per heavy atom. The van der Waals surface area contributed by atoms with Crippen molar-refractivity contribution in [2.45, 2.75) is 32.7 Å². The molecule has 2 amide bonds. The molecule has 1 aliphatic rings. The monoisotopic (exact) mass is 398 g/mol. The van der Waals surface area contributed by atoms with Gasteiger partial charge in [0.05, 0.1) is 23.3 Å². The summed E-state index contributed by atoms with van der Waals surface area (Å²) in [5, 5.41) is 5.85. The van der Waals surface area contributed by atoms with E-state index in [2.05, 4.69) is 27.4 Å². The van der Waals surface area contributed by atoms with Crippen LogP contribution in [0.25, 0.3) is 0 Å². The Morgan fingerprint density at radius 3 is 2.59 bits per heavy atom. The van der Waals surface area contributed by atoms with Crippen LogP contribution in [-0.2, 0) is 9.59 Å². The quantitative estimate of drug-likeness (QED) is 0.660. The molecule has 0 spiro atoms. The molecular formula is C19H28ClFN4O2. The second kappa shape index (κ2) is 10.6. The van der Waals surface area contributed by atoms with Crippen LogP contribution in [0.1, 0.15) is 26.7 Å². The molecule has 150 valence electrons. The molecular weight excluding hydrogens is 371 g/mol. The third kappa shape index (κ3) is 6.75. The van der Waals surface area contributed by atoms with Gasteiger partial charge in [0, 0.05) is 32.7 Å². The van der Waals surface area contributed by atoms with E-state index in [-0.39, 0.29) is 22.9 Å². The topological polar surface area (TPSA) is 64.7 Å². The average molecular weight is 399 g/mol. The highest BCUT2D eigenvalue weighted by Crippen LogP contribution is 2.23. The summed E-state index contributed by atoms with van der Waals surface area (Å²) in [5.74, 6) is -0.580. The van der Waals surface area contributed by atoms with Gasteiger partial charge < -0.3 is 10.6 Å². The van der Waals surface area contributed by atoms with Crippen molar-refractivity contribution in [1.82, 2.24) is 15.1 Å². The SMILES string of the molecule is CCCCNC(=O)CN1CCN([C@H](C)C(=O)Nc2ccc(F)cc2Cl)CC1. The number of amides is 2. The molecule has 1 aliphatic heterocycles. The number of hydrogen-bond donors (Lipinski definition) is 2. The minimum atomic E-state index is -0.444. The minimum Gasteiger partial charge on any atom is -0.355 e. The van der Waals surface area contributed by atoms with E-state index in [4.69, 9.17) is 11.6 Å². The molecule has 0 bridgehead atoms. The smallest absolute Gasteiger partial charge is 0.241 e. The van der Waals surface area contributed by atoms with Gasteiger partial charge in [0.1, 0.15) is 5.82 Å². The molecule has 1 aromatic carbocycles. The number of nitrogens with zero attached hydrogens (tertiary/aromatic N) is 2. The summed E-state index contributed by atoms with van der Waals surface area (Å²) < 4.78 is 13.1. The van der Waals surface area contributed by atoms with Crippen LogP contribution >= 0.6 is 11.6 Å². The number of benzene rings is 1. The van der Waals surface area contributed by atoms with E-state index in [1.807, 2.05) is 6.92 Å². The second-order valence-electron chi connectivity index (χ2n) is 6.81. The third-order valence-electron chi connectivity index (χ3n) is 4.74. The summed E-state index contributed by atoms with van der Waals surface area (Å²) in [7, 11) is 0. The first-order valence-corrected chi connectivity index (χ1v) is 9.77. The number of rotatable bonds is 8. The van der Waals surface area contributed by atoms with Crippen molar-refractivity contribution in [3.63, 3.8) is 0 Å². The summed E-state index contributed by atoms with van der Waals surface area (Å²) in [4.78, 5) is 28.5. The molecule has 2 rings (SSSR count). The zero-order chi connectivity index (χ0) is 19.8. The van der Waals surface area contributed by atoms with Crippen molar-refractivity contribution in [1.29, 1.82) is 0 Å². The highest BCUT2D eigenvalue weighted by Gasteiger charge is 2.26. The number of nitrogens with one attached hydrogen (secondary N) is 2. The normalized spacial score (nSPS) is 16.7. The molecule has 1 saturated heterocycles. The second-order valence-corrected chi connectivity index (χ2v) is 7.21. The molecule has 8 heteroatoms. The molecule has 0 aromatic heterocycles. The van der Waals surface area contributed by atoms with E-state index in [0.717, 1.165) is 32.5 Å². The number of halogens is 2. The highest BCUT2D eigenvalue weighted by atomic mass is 35.5. The van der Waals surface area contributed by atoms with Gasteiger partial charge in [0.25, 0.3) is 0 Å². The van der Waals surface area contributed by atoms with Crippen molar-refractivity contribution in [2.24, 2.45) is 0 Å². The highest BCUT2D eigenvalue weighted by molar-refractivity contribution is 6.33. The predicted octanol–water partition coefficient (Wildman–Crippen LogP) is 2.34. The van der Waals surface area contributed by atoms with Crippen LogP contribution in [0.5, 0.6) is 0 Å². The fraction of sp³-hybridized carbons (Fsp3) is 0.579. The molecule has 2 N–H and O–H groups in total. The molecule has 0 aliphatic carbocycles. The summed E-state index contributed by atoms with van der Waals surface area (Å²) in [6.07, 6.45) is 2.05. The summed E-state index contributed by atoms with van der Waals surface area (Å²) in [6.45, 7) is 7.91. The van der Waals surface area contributed by atoms with Gasteiger partial charge in [-0.1, -0.05) is 24.9 Å². The first kappa shape index (κ1) is 21.6. The Balaban J connectivity index is 1.77. The van der Waals surface area contributed by atoms with Crippen LogP contribution < -0.4 is 10.6 Å². The Morgan fingerprint density at radius 1 is 1.26 bits per heavy atom. The van der Waals surface area contributed by atoms with E-state index in [9.17, 15) is 14.0 Å². The van der Waals surface area contributed by atoms with Gasteiger partial charge in [-0.3, -0.25) is 19.4 Å². The molecule has 1 fully saturated rings. The number of carbonyl (C=O) groups is 2. The van der Waals surface area contributed by atoms with Gasteiger partial charge in [-0.15, -0.1) is 0 Å². The van der Waals surface area contributed by atoms with Crippen LogP contribution in [0.2, 0.25) is 5.02 Å². The number of piperazine rings is 1. The van der Waals surface area contributed by atoms with Crippen LogP contribution in [0, 0.1) is 5.82 Å². The Labute approximate surface area is 165 Å². The van der Waals surface area contributed by atoms with Crippen molar-refractivity contribution in [3.05, 3.63) is 29.0 Å². The molecule has 6 nitrogen and oxygen atoms in total. The van der Waals surface area contributed by atoms with Gasteiger partial charge >= 0.3 is 0 Å². The van der Waals surface area contributed by atoms with Crippen LogP contribution in [0.15, 0.2) is 18.2 Å². The Hall–Kier alpha value is -1.70. The molecule has 0 saturated carbocycles. The van der Waals surface area contributed by atoms with E-state index in [0.29, 0.717) is 25.3 Å². The predicted molar refractivity (Wildman–Crippen MR) is 105 cm³/mol. The van der Waals surface area contributed by atoms with E-state index >= 15 is 0 Å². The minimum absolute atomic E-state index is 0.0497. The first-order chi connectivity index (χ1) is 12.9. The maximum atomic E-state index is 13.1. The number of unbranched alkanes of at least 4 members (excludes halogenated alkanes) is 1. The standard InChI is InChI=1S/C19H28ClFN4O2/c1-3-4-7-22-18(26)13-24-8-10-25(11-9-24)14(2)19(27)23-17-6-5-15(21)12-16(17)20/h5-6,12,14H,3-4,7-11,13H2,1-2H3,(H,22,26)(H,23,27)/t14-/m1/s1. The van der Waals surface area contributed by atoms with Crippen molar-refractivity contribution in [3.8, 4) is 0 Å². The van der Waals surface area contributed by atoms with Crippen molar-refractivity contribution >= 4 is 29.1 Å². The maximum Gasteiger partial charge on any atom is 0.241 e. The zero-order valence-corrected chi connectivity index (χ0v) is 16.7. The molecule has 0 unspecified atom stereocenters. The Kier molecular flexibility index (Phi) is 8.47. The van der Waals surface area contributed by atoms with Gasteiger partial charge in [-0.2, -0.15) is 0 Å². The van der Waals surface area contributed by atoms with E-state index in [1.165, 1.54) is 18.2 Å². The molecule has 0 radical (unpaired) electrons. The van der Waals surface area contributed by atoms with Gasteiger partial charge in [0.15, 0.2) is 0 Å². The summed E-state index contributed by atoms with van der Waals surface area (Å²) >= 11 is 5.96. The van der Waals surface area contributed by atoms with Crippen molar-refractivity contribution in [2.75, 3.05) is 44.6 Å². The average Bonchev–Trinajstić information content (AvgIpc) is 2.64. The van der Waals surface area contributed by atoms with E-state index in [1.54, 1.807) is 0 Å². The maximum absolute atomic E-state index is 13.1. The summed E-state index contributed by atoms with van der Waals surface area (Å²) in [6, 6.07) is 3.55. The van der Waals surface area contributed by atoms with Crippen LogP contribution in [-0.4, -0.2) is 66.9 Å². The van der Waals surface area contributed by atoms with Crippen molar-refractivity contribution < 1.29 is 14.0 Å². The van der Waals surface area contributed by atoms with Gasteiger partial charge in [-0.05, 0) is 31.5 Å². The molecule has 1 atom stereocenters. The summed E-state index contributed by atoms with van der Waals surface area (Å²) in [5.41, 5.74) is 0.400. The largest absolute Gasteiger partial charge is 0.355 e. The van der Waals surface area contributed by atoms with Crippen LogP contribution in [0.3, 0.4) is 0 Å². The zero-order valence-electron chi connectivity index (χ0n) is 15.9. The Bertz CT molecular complexity index is 651. The van der Waals surface area contributed by atoms with Gasteiger partial charge in [0.2, 0.25) is 11.8 Å². The fourth-order valence-electron chi connectivity index (χ4n) is 2.97. The number of hydrogen-bond acceptors (Lipinski definition) is 4. The van der Waals surface area contributed by atoms with E-state index < -0.39 is 5.82 Å².